The number of aliphatic hydroxyl groups is 2. The van der Waals surface area contributed by atoms with Gasteiger partial charge in [0.05, 0.1) is 18.2 Å². The molecular weight excluding hydrogens is 516 g/mol. The van der Waals surface area contributed by atoms with Crippen molar-refractivity contribution >= 4 is 18.0 Å². The molecule has 0 radical (unpaired) electrons. The number of rotatable bonds is 5. The summed E-state index contributed by atoms with van der Waals surface area (Å²) in [7, 11) is 0. The second kappa shape index (κ2) is 9.98. The van der Waals surface area contributed by atoms with Gasteiger partial charge in [0.1, 0.15) is 13.2 Å². The molecule has 2 aliphatic heterocycles. The van der Waals surface area contributed by atoms with E-state index < -0.39 is 23.3 Å². The zero-order chi connectivity index (χ0) is 28.4. The number of hydrogen-bond donors (Lipinski definition) is 4. The van der Waals surface area contributed by atoms with Gasteiger partial charge in [0.25, 0.3) is 0 Å². The predicted octanol–water partition coefficient (Wildman–Crippen LogP) is 2.33. The molecule has 0 aromatic heterocycles. The standard InChI is InChI=1S/C30H44N2O8/c1-28-7-5-17(23(16-40-27(36)37)32-10-9-31-25(34)14-32)11-19(28)3-4-21-22(28)13-24(33)29(2)20(6-8-30(21,29)38)18-12-26(35)39-15-18/h12,17,19-24,33,38H,3-11,13-16H2,1-2H3,(H,31,34)(H,36,37)/t17-,19+,20+,21+,22-,23?,24+,28-,29-,30-/m0/s1. The Kier molecular flexibility index (Phi) is 6.98. The van der Waals surface area contributed by atoms with Crippen molar-refractivity contribution in [2.75, 3.05) is 32.8 Å². The van der Waals surface area contributed by atoms with Crippen molar-refractivity contribution < 1.29 is 39.2 Å². The highest BCUT2D eigenvalue weighted by atomic mass is 16.7. The maximum absolute atomic E-state index is 12.5. The Balaban J connectivity index is 1.22. The largest absolute Gasteiger partial charge is 0.505 e. The van der Waals surface area contributed by atoms with Crippen LogP contribution in [0.4, 0.5) is 4.79 Å². The number of carbonyl (C=O) groups excluding carboxylic acids is 2. The van der Waals surface area contributed by atoms with Crippen LogP contribution in [0.1, 0.15) is 65.2 Å². The van der Waals surface area contributed by atoms with E-state index in [0.29, 0.717) is 31.8 Å². The molecule has 10 heteroatoms. The Morgan fingerprint density at radius 1 is 1.18 bits per heavy atom. The van der Waals surface area contributed by atoms with Crippen molar-refractivity contribution in [2.45, 2.75) is 83.0 Å². The van der Waals surface area contributed by atoms with Crippen molar-refractivity contribution in [3.05, 3.63) is 11.6 Å². The Hall–Kier alpha value is -2.17. The van der Waals surface area contributed by atoms with Gasteiger partial charge in [-0.15, -0.1) is 0 Å². The van der Waals surface area contributed by atoms with Crippen LogP contribution in [0.3, 0.4) is 0 Å². The molecule has 1 amide bonds. The molecule has 0 bridgehead atoms. The molecule has 2 heterocycles. The number of ether oxygens (including phenoxy) is 2. The third kappa shape index (κ3) is 4.19. The summed E-state index contributed by atoms with van der Waals surface area (Å²) in [6, 6.07) is -0.144. The number of fused-ring (bicyclic) bond motifs is 5. The Morgan fingerprint density at radius 3 is 2.67 bits per heavy atom. The van der Waals surface area contributed by atoms with Gasteiger partial charge in [-0.2, -0.15) is 0 Å². The van der Waals surface area contributed by atoms with E-state index in [1.165, 1.54) is 0 Å². The van der Waals surface area contributed by atoms with Crippen LogP contribution in [-0.4, -0.2) is 88.8 Å². The van der Waals surface area contributed by atoms with E-state index in [-0.39, 0.29) is 66.8 Å². The van der Waals surface area contributed by atoms with Crippen LogP contribution < -0.4 is 5.32 Å². The van der Waals surface area contributed by atoms with Gasteiger partial charge in [0.15, 0.2) is 0 Å². The maximum atomic E-state index is 12.5. The third-order valence-corrected chi connectivity index (χ3v) is 12.6. The highest BCUT2D eigenvalue weighted by Crippen LogP contribution is 2.70. The summed E-state index contributed by atoms with van der Waals surface area (Å²) < 4.78 is 10.3. The molecule has 10 nitrogen and oxygen atoms in total. The zero-order valence-electron chi connectivity index (χ0n) is 23.6. The van der Waals surface area contributed by atoms with E-state index in [1.54, 1.807) is 6.08 Å². The smallest absolute Gasteiger partial charge is 0.458 e. The van der Waals surface area contributed by atoms with Crippen molar-refractivity contribution in [2.24, 2.45) is 40.4 Å². The van der Waals surface area contributed by atoms with Gasteiger partial charge < -0.3 is 30.1 Å². The number of cyclic esters (lactones) is 1. The number of piperazine rings is 1. The van der Waals surface area contributed by atoms with Gasteiger partial charge in [-0.1, -0.05) is 13.8 Å². The van der Waals surface area contributed by atoms with E-state index in [1.807, 2.05) is 6.92 Å². The third-order valence-electron chi connectivity index (χ3n) is 12.6. The van der Waals surface area contributed by atoms with E-state index in [2.05, 4.69) is 17.1 Å². The molecule has 1 saturated heterocycles. The Morgan fingerprint density at radius 2 is 1.98 bits per heavy atom. The van der Waals surface area contributed by atoms with Gasteiger partial charge >= 0.3 is 12.1 Å². The molecule has 40 heavy (non-hydrogen) atoms. The van der Waals surface area contributed by atoms with E-state index >= 15 is 0 Å². The molecular formula is C30H44N2O8. The van der Waals surface area contributed by atoms with E-state index in [4.69, 9.17) is 9.47 Å². The first-order valence-electron chi connectivity index (χ1n) is 15.1. The van der Waals surface area contributed by atoms with Gasteiger partial charge in [-0.05, 0) is 91.9 Å². The lowest BCUT2D eigenvalue weighted by Gasteiger charge is -2.65. The van der Waals surface area contributed by atoms with Crippen molar-refractivity contribution in [3.8, 4) is 0 Å². The topological polar surface area (TPSA) is 146 Å². The van der Waals surface area contributed by atoms with Crippen molar-refractivity contribution in [1.82, 2.24) is 10.2 Å². The molecule has 6 aliphatic rings. The summed E-state index contributed by atoms with van der Waals surface area (Å²) in [4.78, 5) is 37.4. The highest BCUT2D eigenvalue weighted by Gasteiger charge is 2.70. The summed E-state index contributed by atoms with van der Waals surface area (Å²) in [6.07, 6.45) is 6.20. The minimum atomic E-state index is -1.29. The lowest BCUT2D eigenvalue weighted by molar-refractivity contribution is -0.244. The number of nitrogens with one attached hydrogen (secondary N) is 1. The fraction of sp³-hybridized carbons (Fsp3) is 0.833. The van der Waals surface area contributed by atoms with E-state index in [9.17, 15) is 29.7 Å². The van der Waals surface area contributed by atoms with Gasteiger partial charge in [-0.25, -0.2) is 9.59 Å². The Labute approximate surface area is 235 Å². The molecule has 0 spiro atoms. The minimum absolute atomic E-state index is 0.0422. The lowest BCUT2D eigenvalue weighted by Crippen LogP contribution is -2.67. The second-order valence-corrected chi connectivity index (χ2v) is 13.9. The quantitative estimate of drug-likeness (QED) is 0.372. The minimum Gasteiger partial charge on any atom is -0.458 e. The summed E-state index contributed by atoms with van der Waals surface area (Å²) in [6.45, 7) is 6.16. The predicted molar refractivity (Wildman–Crippen MR) is 143 cm³/mol. The highest BCUT2D eigenvalue weighted by molar-refractivity contribution is 5.85. The fourth-order valence-electron chi connectivity index (χ4n) is 10.4. The molecule has 4 N–H and O–H groups in total. The average Bonchev–Trinajstić information content (AvgIpc) is 3.45. The number of carboxylic acid groups (broad SMARTS) is 1. The molecule has 6 rings (SSSR count). The summed E-state index contributed by atoms with van der Waals surface area (Å²) in [5.41, 5.74) is -0.861. The zero-order valence-corrected chi connectivity index (χ0v) is 23.6. The summed E-state index contributed by atoms with van der Waals surface area (Å²) >= 11 is 0. The van der Waals surface area contributed by atoms with Crippen LogP contribution in [-0.2, 0) is 19.1 Å². The first-order chi connectivity index (χ1) is 19.0. The molecule has 4 aliphatic carbocycles. The molecule has 4 saturated carbocycles. The molecule has 1 unspecified atom stereocenters. The van der Waals surface area contributed by atoms with Gasteiger partial charge in [0.2, 0.25) is 5.91 Å². The van der Waals surface area contributed by atoms with Crippen LogP contribution in [0.15, 0.2) is 11.6 Å². The SMILES string of the molecule is C[C@]12CC[C@H](C(COC(=O)O)N3CCNC(=O)C3)C[C@H]1CC[C@@H]1[C@@H]2C[C@@H](O)[C@]2(C)[C@@H](C3=CC(=O)OC3)CC[C@]12O. The van der Waals surface area contributed by atoms with Crippen LogP contribution in [0.2, 0.25) is 0 Å². The molecule has 0 aromatic carbocycles. The molecule has 0 aromatic rings. The van der Waals surface area contributed by atoms with Crippen LogP contribution in [0, 0.1) is 40.4 Å². The van der Waals surface area contributed by atoms with Gasteiger partial charge in [0, 0.05) is 30.6 Å². The first kappa shape index (κ1) is 28.0. The van der Waals surface area contributed by atoms with Gasteiger partial charge in [-0.3, -0.25) is 9.69 Å². The monoisotopic (exact) mass is 560 g/mol. The molecule has 10 atom stereocenters. The number of carbonyl (C=O) groups is 3. The fourth-order valence-corrected chi connectivity index (χ4v) is 10.4. The maximum Gasteiger partial charge on any atom is 0.505 e. The number of esters is 1. The molecule has 5 fully saturated rings. The lowest BCUT2D eigenvalue weighted by atomic mass is 9.42. The van der Waals surface area contributed by atoms with Crippen LogP contribution >= 0.6 is 0 Å². The normalized spacial score (nSPS) is 45.9. The van der Waals surface area contributed by atoms with Crippen molar-refractivity contribution in [3.63, 3.8) is 0 Å². The van der Waals surface area contributed by atoms with Crippen LogP contribution in [0.25, 0.3) is 0 Å². The summed E-state index contributed by atoms with van der Waals surface area (Å²) in [5.74, 6) is 0.420. The number of nitrogens with zero attached hydrogens (tertiary/aromatic N) is 1. The molecule has 222 valence electrons. The Bertz CT molecular complexity index is 1100. The second-order valence-electron chi connectivity index (χ2n) is 13.9. The first-order valence-corrected chi connectivity index (χ1v) is 15.1. The summed E-state index contributed by atoms with van der Waals surface area (Å²) in [5, 5.41) is 36.3. The van der Waals surface area contributed by atoms with Crippen LogP contribution in [0.5, 0.6) is 0 Å². The van der Waals surface area contributed by atoms with E-state index in [0.717, 1.165) is 44.1 Å². The average molecular weight is 561 g/mol. The number of hydrogen-bond acceptors (Lipinski definition) is 8. The number of aliphatic hydroxyl groups excluding tert-OH is 1. The number of amides is 1. The van der Waals surface area contributed by atoms with Crippen molar-refractivity contribution in [1.29, 1.82) is 0 Å².